The molecule has 0 saturated heterocycles. The van der Waals surface area contributed by atoms with E-state index in [9.17, 15) is 9.59 Å². The maximum absolute atomic E-state index is 10.9. The normalized spacial score (nSPS) is 25.4. The van der Waals surface area contributed by atoms with E-state index in [4.69, 9.17) is 9.47 Å². The monoisotopic (exact) mass is 196 g/mol. The standard InChI is InChI=1S/C10H12O4/c1-3-4-8-9(13-7(2)11)5-6-10(12)14-8/h3,5-6,8-9H,1,4H2,2H3/t8-,9-/m0/s1. The molecule has 0 N–H and O–H groups in total. The van der Waals surface area contributed by atoms with Gasteiger partial charge < -0.3 is 9.47 Å². The summed E-state index contributed by atoms with van der Waals surface area (Å²) in [5.74, 6) is -0.813. The average molecular weight is 196 g/mol. The van der Waals surface area contributed by atoms with E-state index in [0.29, 0.717) is 6.42 Å². The first-order valence-corrected chi connectivity index (χ1v) is 4.30. The van der Waals surface area contributed by atoms with Crippen LogP contribution in [0.25, 0.3) is 0 Å². The van der Waals surface area contributed by atoms with Gasteiger partial charge in [-0.25, -0.2) is 4.79 Å². The van der Waals surface area contributed by atoms with E-state index in [1.54, 1.807) is 6.08 Å². The highest BCUT2D eigenvalue weighted by atomic mass is 16.6. The number of hydrogen-bond donors (Lipinski definition) is 0. The molecule has 14 heavy (non-hydrogen) atoms. The summed E-state index contributed by atoms with van der Waals surface area (Å²) in [6, 6.07) is 0. The van der Waals surface area contributed by atoms with Gasteiger partial charge in [0.1, 0.15) is 6.10 Å². The van der Waals surface area contributed by atoms with E-state index in [1.807, 2.05) is 0 Å². The zero-order chi connectivity index (χ0) is 10.6. The van der Waals surface area contributed by atoms with Crippen molar-refractivity contribution in [1.82, 2.24) is 0 Å². The molecule has 4 heteroatoms. The number of cyclic esters (lactones) is 1. The second-order valence-corrected chi connectivity index (χ2v) is 2.93. The molecule has 76 valence electrons. The van der Waals surface area contributed by atoms with Crippen molar-refractivity contribution in [2.24, 2.45) is 0 Å². The Labute approximate surface area is 82.2 Å². The molecule has 0 unspecified atom stereocenters. The number of ether oxygens (including phenoxy) is 2. The Morgan fingerprint density at radius 1 is 1.79 bits per heavy atom. The lowest BCUT2D eigenvalue weighted by atomic mass is 10.1. The highest BCUT2D eigenvalue weighted by Crippen LogP contribution is 2.15. The minimum atomic E-state index is -0.497. The van der Waals surface area contributed by atoms with Gasteiger partial charge in [0.25, 0.3) is 0 Å². The van der Waals surface area contributed by atoms with Gasteiger partial charge in [-0.3, -0.25) is 4.79 Å². The van der Waals surface area contributed by atoms with E-state index in [-0.39, 0.29) is 0 Å². The number of hydrogen-bond acceptors (Lipinski definition) is 4. The molecule has 1 aliphatic heterocycles. The quantitative estimate of drug-likeness (QED) is 0.498. The fraction of sp³-hybridized carbons (Fsp3) is 0.400. The summed E-state index contributed by atoms with van der Waals surface area (Å²) < 4.78 is 9.92. The Balaban J connectivity index is 2.68. The number of carbonyl (C=O) groups is 2. The van der Waals surface area contributed by atoms with Gasteiger partial charge in [0.05, 0.1) is 0 Å². The lowest BCUT2D eigenvalue weighted by Gasteiger charge is -2.25. The molecule has 1 rings (SSSR count). The molecule has 0 fully saturated rings. The summed E-state index contributed by atoms with van der Waals surface area (Å²) in [5.41, 5.74) is 0. The highest BCUT2D eigenvalue weighted by molar-refractivity contribution is 5.83. The third-order valence-corrected chi connectivity index (χ3v) is 1.76. The van der Waals surface area contributed by atoms with E-state index in [2.05, 4.69) is 6.58 Å². The van der Waals surface area contributed by atoms with E-state index in [1.165, 1.54) is 19.1 Å². The van der Waals surface area contributed by atoms with Crippen molar-refractivity contribution in [2.45, 2.75) is 25.6 Å². The summed E-state index contributed by atoms with van der Waals surface area (Å²) >= 11 is 0. The summed E-state index contributed by atoms with van der Waals surface area (Å²) in [7, 11) is 0. The summed E-state index contributed by atoms with van der Waals surface area (Å²) in [5, 5.41) is 0. The SMILES string of the molecule is C=CC[C@@H]1OC(=O)C=C[C@@H]1OC(C)=O. The van der Waals surface area contributed by atoms with Crippen molar-refractivity contribution >= 4 is 11.9 Å². The first-order chi connectivity index (χ1) is 6.63. The summed E-state index contributed by atoms with van der Waals surface area (Å²) in [6.45, 7) is 4.85. The maximum atomic E-state index is 10.9. The van der Waals surface area contributed by atoms with Crippen LogP contribution in [0.4, 0.5) is 0 Å². The van der Waals surface area contributed by atoms with Gasteiger partial charge >= 0.3 is 11.9 Å². The van der Waals surface area contributed by atoms with Gasteiger partial charge in [-0.2, -0.15) is 0 Å². The Morgan fingerprint density at radius 2 is 2.50 bits per heavy atom. The predicted molar refractivity (Wildman–Crippen MR) is 49.4 cm³/mol. The summed E-state index contributed by atoms with van der Waals surface area (Å²) in [6.07, 6.45) is 3.92. The predicted octanol–water partition coefficient (Wildman–Crippen LogP) is 0.976. The Bertz CT molecular complexity index is 280. The number of carbonyl (C=O) groups excluding carboxylic acids is 2. The molecule has 0 amide bonds. The second kappa shape index (κ2) is 4.60. The average Bonchev–Trinajstić information content (AvgIpc) is 2.09. The molecular formula is C10H12O4. The molecule has 0 aromatic rings. The van der Waals surface area contributed by atoms with Crippen LogP contribution in [0.15, 0.2) is 24.8 Å². The van der Waals surface area contributed by atoms with Crippen LogP contribution in [0.5, 0.6) is 0 Å². The Kier molecular flexibility index (Phi) is 3.45. The first kappa shape index (κ1) is 10.5. The Hall–Kier alpha value is -1.58. The van der Waals surface area contributed by atoms with Gasteiger partial charge in [-0.1, -0.05) is 6.08 Å². The molecule has 1 heterocycles. The Morgan fingerprint density at radius 3 is 3.07 bits per heavy atom. The van der Waals surface area contributed by atoms with Gasteiger partial charge in [0.2, 0.25) is 0 Å². The van der Waals surface area contributed by atoms with Crippen molar-refractivity contribution < 1.29 is 19.1 Å². The molecule has 0 aromatic carbocycles. The van der Waals surface area contributed by atoms with Gasteiger partial charge in [0.15, 0.2) is 6.10 Å². The van der Waals surface area contributed by atoms with Crippen molar-refractivity contribution in [3.05, 3.63) is 24.8 Å². The molecular weight excluding hydrogens is 184 g/mol. The summed E-state index contributed by atoms with van der Waals surface area (Å²) in [4.78, 5) is 21.6. The number of rotatable bonds is 3. The molecule has 0 bridgehead atoms. The molecule has 0 aliphatic carbocycles. The molecule has 4 nitrogen and oxygen atoms in total. The highest BCUT2D eigenvalue weighted by Gasteiger charge is 2.27. The van der Waals surface area contributed by atoms with Crippen molar-refractivity contribution in [1.29, 1.82) is 0 Å². The lowest BCUT2D eigenvalue weighted by molar-refractivity contribution is -0.161. The van der Waals surface area contributed by atoms with Crippen molar-refractivity contribution in [3.63, 3.8) is 0 Å². The third-order valence-electron chi connectivity index (χ3n) is 1.76. The maximum Gasteiger partial charge on any atom is 0.330 e. The first-order valence-electron chi connectivity index (χ1n) is 4.30. The molecule has 0 radical (unpaired) electrons. The van der Waals surface area contributed by atoms with E-state index in [0.717, 1.165) is 0 Å². The van der Waals surface area contributed by atoms with Crippen LogP contribution in [0, 0.1) is 0 Å². The van der Waals surface area contributed by atoms with E-state index < -0.39 is 24.1 Å². The van der Waals surface area contributed by atoms with Crippen LogP contribution in [0.3, 0.4) is 0 Å². The fourth-order valence-corrected chi connectivity index (χ4v) is 1.21. The molecule has 0 saturated carbocycles. The minimum absolute atomic E-state index is 0.397. The fourth-order valence-electron chi connectivity index (χ4n) is 1.21. The van der Waals surface area contributed by atoms with Crippen molar-refractivity contribution in [2.75, 3.05) is 0 Å². The molecule has 0 aromatic heterocycles. The van der Waals surface area contributed by atoms with Crippen LogP contribution < -0.4 is 0 Å². The van der Waals surface area contributed by atoms with Crippen LogP contribution in [-0.4, -0.2) is 24.1 Å². The van der Waals surface area contributed by atoms with Gasteiger partial charge in [-0.15, -0.1) is 6.58 Å². The molecule has 0 spiro atoms. The third kappa shape index (κ3) is 2.73. The smallest absolute Gasteiger partial charge is 0.330 e. The van der Waals surface area contributed by atoms with Crippen molar-refractivity contribution in [3.8, 4) is 0 Å². The molecule has 1 aliphatic rings. The topological polar surface area (TPSA) is 52.6 Å². The van der Waals surface area contributed by atoms with E-state index >= 15 is 0 Å². The molecule has 2 atom stereocenters. The van der Waals surface area contributed by atoms with Crippen LogP contribution in [-0.2, 0) is 19.1 Å². The zero-order valence-corrected chi connectivity index (χ0v) is 7.93. The van der Waals surface area contributed by atoms with Crippen LogP contribution in [0.1, 0.15) is 13.3 Å². The zero-order valence-electron chi connectivity index (χ0n) is 7.93. The largest absolute Gasteiger partial charge is 0.455 e. The second-order valence-electron chi connectivity index (χ2n) is 2.93. The minimum Gasteiger partial charge on any atom is -0.455 e. The van der Waals surface area contributed by atoms with Crippen LogP contribution >= 0.6 is 0 Å². The van der Waals surface area contributed by atoms with Gasteiger partial charge in [0, 0.05) is 19.4 Å². The van der Waals surface area contributed by atoms with Crippen LogP contribution in [0.2, 0.25) is 0 Å². The number of esters is 2. The van der Waals surface area contributed by atoms with Gasteiger partial charge in [-0.05, 0) is 6.08 Å². The lowest BCUT2D eigenvalue weighted by Crippen LogP contribution is -2.35.